The molecule has 1 unspecified atom stereocenters. The molecule has 3 nitrogen and oxygen atoms in total. The summed E-state index contributed by atoms with van der Waals surface area (Å²) in [6.07, 6.45) is 5.31. The molecule has 92 valence electrons. The van der Waals surface area contributed by atoms with E-state index in [0.29, 0.717) is 0 Å². The monoisotopic (exact) mass is 245 g/mol. The van der Waals surface area contributed by atoms with Crippen LogP contribution >= 0.6 is 11.6 Å². The van der Waals surface area contributed by atoms with Crippen LogP contribution in [0.3, 0.4) is 0 Å². The molecule has 0 aromatic carbocycles. The fraction of sp³-hybridized carbons (Fsp3) is 0.833. The van der Waals surface area contributed by atoms with E-state index in [0.717, 1.165) is 25.7 Å². The third-order valence-electron chi connectivity index (χ3n) is 3.18. The van der Waals surface area contributed by atoms with Gasteiger partial charge in [0.25, 0.3) is 0 Å². The first-order valence-electron chi connectivity index (χ1n) is 6.02. The zero-order valence-corrected chi connectivity index (χ0v) is 10.7. The van der Waals surface area contributed by atoms with Gasteiger partial charge in [-0.3, -0.25) is 9.59 Å². The van der Waals surface area contributed by atoms with Gasteiger partial charge in [0.1, 0.15) is 6.04 Å². The molecular weight excluding hydrogens is 226 g/mol. The molecule has 1 saturated carbocycles. The maximum absolute atomic E-state index is 11.9. The van der Waals surface area contributed by atoms with Crippen molar-refractivity contribution < 1.29 is 9.59 Å². The Balaban J connectivity index is 2.50. The Hall–Kier alpha value is -0.570. The molecule has 4 heteroatoms. The van der Waals surface area contributed by atoms with Crippen LogP contribution in [-0.2, 0) is 9.59 Å². The zero-order valence-electron chi connectivity index (χ0n) is 9.96. The lowest BCUT2D eigenvalue weighted by Crippen LogP contribution is -2.45. The molecule has 0 aromatic heterocycles. The lowest BCUT2D eigenvalue weighted by Gasteiger charge is -2.24. The summed E-state index contributed by atoms with van der Waals surface area (Å²) in [7, 11) is 0. The van der Waals surface area contributed by atoms with Crippen LogP contribution in [-0.4, -0.2) is 17.2 Å². The Kier molecular flexibility index (Phi) is 5.26. The normalized spacial score (nSPS) is 19.5. The summed E-state index contributed by atoms with van der Waals surface area (Å²) < 4.78 is 0. The standard InChI is InChI=1S/C12H20ClNO2/c1-8(2)10(11(13)15)14-12(16)9-6-4-3-5-7-9/h8-10H,3-7H2,1-2H3,(H,14,16). The van der Waals surface area contributed by atoms with Crippen molar-refractivity contribution in [2.75, 3.05) is 0 Å². The van der Waals surface area contributed by atoms with Gasteiger partial charge >= 0.3 is 0 Å². The highest BCUT2D eigenvalue weighted by atomic mass is 35.5. The van der Waals surface area contributed by atoms with E-state index >= 15 is 0 Å². The lowest BCUT2D eigenvalue weighted by atomic mass is 9.88. The molecule has 1 aliphatic carbocycles. The third kappa shape index (κ3) is 3.78. The van der Waals surface area contributed by atoms with E-state index in [9.17, 15) is 9.59 Å². The van der Waals surface area contributed by atoms with Gasteiger partial charge in [-0.25, -0.2) is 0 Å². The molecule has 0 radical (unpaired) electrons. The summed E-state index contributed by atoms with van der Waals surface area (Å²) in [4.78, 5) is 23.0. The van der Waals surface area contributed by atoms with Crippen molar-refractivity contribution in [1.29, 1.82) is 0 Å². The van der Waals surface area contributed by atoms with E-state index in [4.69, 9.17) is 11.6 Å². The number of carbonyl (C=O) groups excluding carboxylic acids is 2. The quantitative estimate of drug-likeness (QED) is 0.774. The second kappa shape index (κ2) is 6.24. The summed E-state index contributed by atoms with van der Waals surface area (Å²) in [5.41, 5.74) is 0. The van der Waals surface area contributed by atoms with E-state index in [1.165, 1.54) is 6.42 Å². The van der Waals surface area contributed by atoms with Crippen LogP contribution in [0.1, 0.15) is 46.0 Å². The van der Waals surface area contributed by atoms with Gasteiger partial charge in [0.15, 0.2) is 0 Å². The van der Waals surface area contributed by atoms with Crippen molar-refractivity contribution >= 4 is 22.8 Å². The molecule has 0 aliphatic heterocycles. The molecule has 0 heterocycles. The van der Waals surface area contributed by atoms with Crippen LogP contribution in [0.5, 0.6) is 0 Å². The number of rotatable bonds is 4. The number of hydrogen-bond acceptors (Lipinski definition) is 2. The van der Waals surface area contributed by atoms with Crippen LogP contribution in [0.15, 0.2) is 0 Å². The Morgan fingerprint density at radius 2 is 1.75 bits per heavy atom. The molecule has 1 aliphatic rings. The molecule has 1 amide bonds. The van der Waals surface area contributed by atoms with Crippen LogP contribution in [0, 0.1) is 11.8 Å². The minimum atomic E-state index is -0.545. The largest absolute Gasteiger partial charge is 0.344 e. The highest BCUT2D eigenvalue weighted by molar-refractivity contribution is 6.64. The van der Waals surface area contributed by atoms with E-state index in [2.05, 4.69) is 5.32 Å². The highest BCUT2D eigenvalue weighted by Gasteiger charge is 2.27. The molecule has 1 atom stereocenters. The Labute approximate surface area is 102 Å². The van der Waals surface area contributed by atoms with Crippen LogP contribution in [0.25, 0.3) is 0 Å². The van der Waals surface area contributed by atoms with Crippen molar-refractivity contribution in [2.24, 2.45) is 11.8 Å². The topological polar surface area (TPSA) is 46.2 Å². The number of halogens is 1. The van der Waals surface area contributed by atoms with Gasteiger partial charge in [-0.2, -0.15) is 0 Å². The number of hydrogen-bond donors (Lipinski definition) is 1. The van der Waals surface area contributed by atoms with Crippen LogP contribution in [0.4, 0.5) is 0 Å². The van der Waals surface area contributed by atoms with Gasteiger partial charge in [-0.1, -0.05) is 33.1 Å². The van der Waals surface area contributed by atoms with Gasteiger partial charge in [0, 0.05) is 5.92 Å². The molecule has 0 bridgehead atoms. The molecule has 0 aromatic rings. The van der Waals surface area contributed by atoms with Crippen molar-refractivity contribution in [1.82, 2.24) is 5.32 Å². The first-order valence-corrected chi connectivity index (χ1v) is 6.40. The Morgan fingerprint density at radius 3 is 2.19 bits per heavy atom. The SMILES string of the molecule is CC(C)C(NC(=O)C1CCCCC1)C(=O)Cl. The van der Waals surface area contributed by atoms with E-state index in [1.54, 1.807) is 0 Å². The highest BCUT2D eigenvalue weighted by Crippen LogP contribution is 2.24. The maximum atomic E-state index is 11.9. The number of amides is 1. The minimum absolute atomic E-state index is 0.00704. The fourth-order valence-electron chi connectivity index (χ4n) is 2.12. The fourth-order valence-corrected chi connectivity index (χ4v) is 2.43. The summed E-state index contributed by atoms with van der Waals surface area (Å²) in [5, 5.41) is 2.29. The number of nitrogens with one attached hydrogen (secondary N) is 1. The van der Waals surface area contributed by atoms with Crippen molar-refractivity contribution in [3.8, 4) is 0 Å². The Morgan fingerprint density at radius 1 is 1.19 bits per heavy atom. The van der Waals surface area contributed by atoms with Crippen LogP contribution < -0.4 is 5.32 Å². The summed E-state index contributed by atoms with van der Waals surface area (Å²) in [5.74, 6) is 0.107. The first-order chi connectivity index (χ1) is 7.52. The summed E-state index contributed by atoms with van der Waals surface area (Å²) in [6.45, 7) is 3.76. The molecule has 1 rings (SSSR count). The average molecular weight is 246 g/mol. The molecule has 1 N–H and O–H groups in total. The molecular formula is C12H20ClNO2. The van der Waals surface area contributed by atoms with Gasteiger partial charge in [0.2, 0.25) is 11.1 Å². The molecule has 0 spiro atoms. The molecule has 16 heavy (non-hydrogen) atoms. The predicted molar refractivity (Wildman–Crippen MR) is 64.2 cm³/mol. The average Bonchev–Trinajstić information content (AvgIpc) is 2.25. The summed E-state index contributed by atoms with van der Waals surface area (Å²) in [6, 6.07) is -0.545. The number of carbonyl (C=O) groups is 2. The van der Waals surface area contributed by atoms with Gasteiger partial charge in [-0.15, -0.1) is 0 Å². The van der Waals surface area contributed by atoms with Crippen molar-refractivity contribution in [3.63, 3.8) is 0 Å². The van der Waals surface area contributed by atoms with Crippen LogP contribution in [0.2, 0.25) is 0 Å². The molecule has 1 fully saturated rings. The van der Waals surface area contributed by atoms with E-state index in [1.807, 2.05) is 13.8 Å². The second-order valence-corrected chi connectivity index (χ2v) is 5.24. The van der Waals surface area contributed by atoms with E-state index < -0.39 is 11.3 Å². The molecule has 0 saturated heterocycles. The first kappa shape index (κ1) is 13.5. The van der Waals surface area contributed by atoms with E-state index in [-0.39, 0.29) is 17.7 Å². The second-order valence-electron chi connectivity index (χ2n) is 4.87. The van der Waals surface area contributed by atoms with Gasteiger partial charge in [-0.05, 0) is 30.4 Å². The van der Waals surface area contributed by atoms with Crippen molar-refractivity contribution in [3.05, 3.63) is 0 Å². The maximum Gasteiger partial charge on any atom is 0.244 e. The minimum Gasteiger partial charge on any atom is -0.344 e. The third-order valence-corrected chi connectivity index (χ3v) is 3.42. The lowest BCUT2D eigenvalue weighted by molar-refractivity contribution is -0.129. The van der Waals surface area contributed by atoms with Crippen molar-refractivity contribution in [2.45, 2.75) is 52.0 Å². The zero-order chi connectivity index (χ0) is 12.1. The summed E-state index contributed by atoms with van der Waals surface area (Å²) >= 11 is 5.47. The smallest absolute Gasteiger partial charge is 0.244 e. The Bertz CT molecular complexity index is 260. The van der Waals surface area contributed by atoms with Gasteiger partial charge in [0.05, 0.1) is 0 Å². The van der Waals surface area contributed by atoms with Gasteiger partial charge < -0.3 is 5.32 Å². The predicted octanol–water partition coefficient (Wildman–Crippen LogP) is 2.47.